The summed E-state index contributed by atoms with van der Waals surface area (Å²) in [5.74, 6) is 2.06. The maximum atomic E-state index is 8.90. The first-order chi connectivity index (χ1) is 13.8. The van der Waals surface area contributed by atoms with Crippen LogP contribution < -0.4 is 4.74 Å². The lowest BCUT2D eigenvalue weighted by Crippen LogP contribution is -2.41. The molecule has 1 aliphatic carbocycles. The Kier molecular flexibility index (Phi) is 4.50. The molecule has 142 valence electrons. The van der Waals surface area contributed by atoms with Gasteiger partial charge in [-0.1, -0.05) is 18.6 Å². The number of aromatic nitrogens is 2. The molecule has 1 fully saturated rings. The van der Waals surface area contributed by atoms with Crippen molar-refractivity contribution in [1.29, 1.82) is 5.26 Å². The fourth-order valence-electron chi connectivity index (χ4n) is 4.23. The normalized spacial score (nSPS) is 17.5. The van der Waals surface area contributed by atoms with E-state index in [-0.39, 0.29) is 0 Å². The number of rotatable bonds is 4. The molecule has 28 heavy (non-hydrogen) atoms. The van der Waals surface area contributed by atoms with Crippen LogP contribution in [0.2, 0.25) is 0 Å². The average Bonchev–Trinajstić information content (AvgIpc) is 2.91. The minimum absolute atomic E-state index is 0.494. The van der Waals surface area contributed by atoms with E-state index in [0.717, 1.165) is 48.9 Å². The van der Waals surface area contributed by atoms with Crippen molar-refractivity contribution in [3.05, 3.63) is 59.4 Å². The molecule has 0 unspecified atom stereocenters. The fraction of sp³-hybridized carbons (Fsp3) is 0.391. The van der Waals surface area contributed by atoms with E-state index < -0.39 is 0 Å². The number of nitrogens with zero attached hydrogens (tertiary/aromatic N) is 4. The van der Waals surface area contributed by atoms with Crippen LogP contribution in [0.15, 0.2) is 42.5 Å². The molecular formula is C23H24N4O. The second-order valence-corrected chi connectivity index (χ2v) is 7.80. The standard InChI is InChI=1S/C23H24N4O/c24-15-17-4-6-18(7-5-17)16-28-20-8-9-21-22(14-20)27-13-12-26(19-2-1-3-19)11-10-23(27)25-21/h4-9,14,19H,1-3,10-13,16H2. The molecule has 0 spiro atoms. The Morgan fingerprint density at radius 2 is 1.93 bits per heavy atom. The quantitative estimate of drug-likeness (QED) is 0.697. The minimum atomic E-state index is 0.494. The molecule has 2 aliphatic rings. The maximum absolute atomic E-state index is 8.90. The molecule has 1 aromatic heterocycles. The summed E-state index contributed by atoms with van der Waals surface area (Å²) in [5.41, 5.74) is 3.95. The lowest BCUT2D eigenvalue weighted by molar-refractivity contribution is 0.130. The molecule has 5 heteroatoms. The predicted molar refractivity (Wildman–Crippen MR) is 108 cm³/mol. The Bertz CT molecular complexity index is 1030. The highest BCUT2D eigenvalue weighted by Crippen LogP contribution is 2.28. The van der Waals surface area contributed by atoms with Crippen molar-refractivity contribution in [2.75, 3.05) is 13.1 Å². The van der Waals surface area contributed by atoms with E-state index in [1.807, 2.05) is 30.3 Å². The zero-order valence-corrected chi connectivity index (χ0v) is 16.0. The predicted octanol–water partition coefficient (Wildman–Crippen LogP) is 3.90. The van der Waals surface area contributed by atoms with E-state index in [2.05, 4.69) is 27.7 Å². The Balaban J connectivity index is 1.33. The van der Waals surface area contributed by atoms with Crippen molar-refractivity contribution in [2.24, 2.45) is 0 Å². The summed E-state index contributed by atoms with van der Waals surface area (Å²) in [5, 5.41) is 8.90. The third-order valence-electron chi connectivity index (χ3n) is 6.11. The van der Waals surface area contributed by atoms with Gasteiger partial charge in [-0.05, 0) is 42.7 Å². The van der Waals surface area contributed by atoms with Gasteiger partial charge >= 0.3 is 0 Å². The van der Waals surface area contributed by atoms with Crippen LogP contribution in [0.1, 0.15) is 36.2 Å². The Morgan fingerprint density at radius 1 is 1.07 bits per heavy atom. The summed E-state index contributed by atoms with van der Waals surface area (Å²) >= 11 is 0. The molecule has 3 aromatic rings. The average molecular weight is 372 g/mol. The zero-order chi connectivity index (χ0) is 18.9. The summed E-state index contributed by atoms with van der Waals surface area (Å²) in [6.45, 7) is 3.73. The molecule has 5 rings (SSSR count). The molecular weight excluding hydrogens is 348 g/mol. The van der Waals surface area contributed by atoms with Gasteiger partial charge in [0.05, 0.1) is 22.7 Å². The molecule has 0 radical (unpaired) electrons. The van der Waals surface area contributed by atoms with Crippen molar-refractivity contribution < 1.29 is 4.74 Å². The SMILES string of the molecule is N#Cc1ccc(COc2ccc3nc4n(c3c2)CCN(C2CCC2)CC4)cc1. The topological polar surface area (TPSA) is 54.1 Å². The number of ether oxygens (including phenoxy) is 1. The third-order valence-corrected chi connectivity index (χ3v) is 6.11. The van der Waals surface area contributed by atoms with Gasteiger partial charge in [0, 0.05) is 38.2 Å². The van der Waals surface area contributed by atoms with Crippen molar-refractivity contribution in [1.82, 2.24) is 14.5 Å². The van der Waals surface area contributed by atoms with Gasteiger partial charge in [-0.25, -0.2) is 4.98 Å². The number of benzene rings is 2. The molecule has 0 amide bonds. The molecule has 5 nitrogen and oxygen atoms in total. The van der Waals surface area contributed by atoms with Gasteiger partial charge in [0.15, 0.2) is 0 Å². The molecule has 0 saturated heterocycles. The molecule has 2 heterocycles. The highest BCUT2D eigenvalue weighted by molar-refractivity contribution is 5.78. The number of nitriles is 1. The first-order valence-corrected chi connectivity index (χ1v) is 10.2. The number of hydrogen-bond acceptors (Lipinski definition) is 4. The first kappa shape index (κ1) is 17.3. The third kappa shape index (κ3) is 3.25. The largest absolute Gasteiger partial charge is 0.489 e. The highest BCUT2D eigenvalue weighted by Gasteiger charge is 2.27. The second kappa shape index (κ2) is 7.29. The highest BCUT2D eigenvalue weighted by atomic mass is 16.5. The van der Waals surface area contributed by atoms with E-state index in [4.69, 9.17) is 15.0 Å². The van der Waals surface area contributed by atoms with Crippen LogP contribution in [0.25, 0.3) is 11.0 Å². The van der Waals surface area contributed by atoms with E-state index >= 15 is 0 Å². The number of imidazole rings is 1. The molecule has 0 N–H and O–H groups in total. The second-order valence-electron chi connectivity index (χ2n) is 7.80. The van der Waals surface area contributed by atoms with Crippen LogP contribution >= 0.6 is 0 Å². The maximum Gasteiger partial charge on any atom is 0.122 e. The molecule has 2 aromatic carbocycles. The first-order valence-electron chi connectivity index (χ1n) is 10.2. The van der Waals surface area contributed by atoms with E-state index in [1.165, 1.54) is 30.6 Å². The summed E-state index contributed by atoms with van der Waals surface area (Å²) in [6.07, 6.45) is 5.12. The molecule has 1 aliphatic heterocycles. The Morgan fingerprint density at radius 3 is 2.68 bits per heavy atom. The zero-order valence-electron chi connectivity index (χ0n) is 16.0. The molecule has 0 bridgehead atoms. The number of hydrogen-bond donors (Lipinski definition) is 0. The summed E-state index contributed by atoms with van der Waals surface area (Å²) in [4.78, 5) is 7.53. The van der Waals surface area contributed by atoms with Gasteiger partial charge in [-0.15, -0.1) is 0 Å². The minimum Gasteiger partial charge on any atom is -0.489 e. The van der Waals surface area contributed by atoms with Gasteiger partial charge in [0.2, 0.25) is 0 Å². The van der Waals surface area contributed by atoms with Crippen LogP contribution in [0.4, 0.5) is 0 Å². The van der Waals surface area contributed by atoms with Crippen LogP contribution in [0.3, 0.4) is 0 Å². The smallest absolute Gasteiger partial charge is 0.122 e. The van der Waals surface area contributed by atoms with Crippen molar-refractivity contribution >= 4 is 11.0 Å². The van der Waals surface area contributed by atoms with Crippen LogP contribution in [0, 0.1) is 11.3 Å². The summed E-state index contributed by atoms with van der Waals surface area (Å²) in [6, 6.07) is 16.7. The monoisotopic (exact) mass is 372 g/mol. The van der Waals surface area contributed by atoms with Crippen molar-refractivity contribution in [2.45, 2.75) is 44.9 Å². The Labute approximate surface area is 165 Å². The summed E-state index contributed by atoms with van der Waals surface area (Å²) < 4.78 is 8.39. The van der Waals surface area contributed by atoms with Gasteiger partial charge in [0.25, 0.3) is 0 Å². The summed E-state index contributed by atoms with van der Waals surface area (Å²) in [7, 11) is 0. The van der Waals surface area contributed by atoms with Crippen LogP contribution in [0.5, 0.6) is 5.75 Å². The lowest BCUT2D eigenvalue weighted by Gasteiger charge is -2.36. The van der Waals surface area contributed by atoms with Crippen LogP contribution in [-0.2, 0) is 19.6 Å². The van der Waals surface area contributed by atoms with Crippen molar-refractivity contribution in [3.8, 4) is 11.8 Å². The fourth-order valence-corrected chi connectivity index (χ4v) is 4.23. The van der Waals surface area contributed by atoms with Gasteiger partial charge < -0.3 is 9.30 Å². The molecule has 1 saturated carbocycles. The van der Waals surface area contributed by atoms with Crippen LogP contribution in [-0.4, -0.2) is 33.6 Å². The van der Waals surface area contributed by atoms with E-state index in [9.17, 15) is 0 Å². The molecule has 0 atom stereocenters. The van der Waals surface area contributed by atoms with Gasteiger partial charge in [-0.3, -0.25) is 4.90 Å². The van der Waals surface area contributed by atoms with E-state index in [1.54, 1.807) is 0 Å². The van der Waals surface area contributed by atoms with Gasteiger partial charge in [-0.2, -0.15) is 5.26 Å². The van der Waals surface area contributed by atoms with Gasteiger partial charge in [0.1, 0.15) is 18.2 Å². The number of fused-ring (bicyclic) bond motifs is 3. The Hall–Kier alpha value is -2.84. The van der Waals surface area contributed by atoms with E-state index in [0.29, 0.717) is 12.2 Å². The van der Waals surface area contributed by atoms with Crippen molar-refractivity contribution in [3.63, 3.8) is 0 Å². The lowest BCUT2D eigenvalue weighted by atomic mass is 9.91.